The lowest BCUT2D eigenvalue weighted by Gasteiger charge is -2.15. The quantitative estimate of drug-likeness (QED) is 0.756. The SMILES string of the molecule is CC(=O)N(C)c1ccc(NCC(=O)NCCC2=CCCCC2)cc1. The van der Waals surface area contributed by atoms with Crippen LogP contribution in [0.5, 0.6) is 0 Å². The van der Waals surface area contributed by atoms with Crippen LogP contribution in [0.25, 0.3) is 0 Å². The van der Waals surface area contributed by atoms with Crippen LogP contribution in [-0.2, 0) is 9.59 Å². The van der Waals surface area contributed by atoms with Crippen LogP contribution in [0.2, 0.25) is 0 Å². The number of carbonyl (C=O) groups excluding carboxylic acids is 2. The number of hydrogen-bond acceptors (Lipinski definition) is 3. The first-order valence-electron chi connectivity index (χ1n) is 8.59. The predicted molar refractivity (Wildman–Crippen MR) is 98.2 cm³/mol. The van der Waals surface area contributed by atoms with Crippen molar-refractivity contribution in [2.24, 2.45) is 0 Å². The lowest BCUT2D eigenvalue weighted by Crippen LogP contribution is -2.30. The molecule has 2 rings (SSSR count). The number of allylic oxidation sites excluding steroid dienone is 1. The van der Waals surface area contributed by atoms with Gasteiger partial charge in [-0.05, 0) is 56.4 Å². The van der Waals surface area contributed by atoms with Gasteiger partial charge in [-0.3, -0.25) is 9.59 Å². The highest BCUT2D eigenvalue weighted by Crippen LogP contribution is 2.19. The molecule has 0 atom stereocenters. The molecule has 1 aromatic rings. The van der Waals surface area contributed by atoms with Crippen LogP contribution >= 0.6 is 0 Å². The molecule has 0 aromatic heterocycles. The Hall–Kier alpha value is -2.30. The first-order valence-corrected chi connectivity index (χ1v) is 8.59. The molecule has 24 heavy (non-hydrogen) atoms. The van der Waals surface area contributed by atoms with Crippen molar-refractivity contribution in [2.45, 2.75) is 39.0 Å². The van der Waals surface area contributed by atoms with E-state index in [2.05, 4.69) is 16.7 Å². The molecule has 130 valence electrons. The highest BCUT2D eigenvalue weighted by atomic mass is 16.2. The molecular formula is C19H27N3O2. The van der Waals surface area contributed by atoms with E-state index in [4.69, 9.17) is 0 Å². The molecule has 1 aromatic carbocycles. The average molecular weight is 329 g/mol. The van der Waals surface area contributed by atoms with Gasteiger partial charge in [0.25, 0.3) is 0 Å². The Balaban J connectivity index is 1.69. The molecule has 0 unspecified atom stereocenters. The number of rotatable bonds is 7. The molecule has 0 saturated heterocycles. The molecule has 5 nitrogen and oxygen atoms in total. The fraction of sp³-hybridized carbons (Fsp3) is 0.474. The summed E-state index contributed by atoms with van der Waals surface area (Å²) in [4.78, 5) is 24.8. The summed E-state index contributed by atoms with van der Waals surface area (Å²) < 4.78 is 0. The molecule has 0 radical (unpaired) electrons. The van der Waals surface area contributed by atoms with Crippen LogP contribution in [0.4, 0.5) is 11.4 Å². The normalized spacial score (nSPS) is 13.8. The van der Waals surface area contributed by atoms with Crippen molar-refractivity contribution in [3.05, 3.63) is 35.9 Å². The van der Waals surface area contributed by atoms with Gasteiger partial charge in [0.15, 0.2) is 0 Å². The Morgan fingerprint density at radius 2 is 1.92 bits per heavy atom. The summed E-state index contributed by atoms with van der Waals surface area (Å²) >= 11 is 0. The molecule has 2 amide bonds. The number of amides is 2. The van der Waals surface area contributed by atoms with Crippen LogP contribution in [0.1, 0.15) is 39.0 Å². The number of hydrogen-bond donors (Lipinski definition) is 2. The minimum absolute atomic E-state index is 0.00339. The van der Waals surface area contributed by atoms with Crippen molar-refractivity contribution in [1.82, 2.24) is 5.32 Å². The van der Waals surface area contributed by atoms with Crippen LogP contribution in [0.15, 0.2) is 35.9 Å². The first kappa shape index (κ1) is 18.0. The molecule has 0 spiro atoms. The third kappa shape index (κ3) is 5.72. The van der Waals surface area contributed by atoms with Gasteiger partial charge in [0.2, 0.25) is 11.8 Å². The molecule has 0 bridgehead atoms. The van der Waals surface area contributed by atoms with Crippen molar-refractivity contribution in [3.8, 4) is 0 Å². The Kier molecular flexibility index (Phi) is 6.85. The van der Waals surface area contributed by atoms with Gasteiger partial charge in [-0.2, -0.15) is 0 Å². The van der Waals surface area contributed by atoms with Crippen molar-refractivity contribution < 1.29 is 9.59 Å². The van der Waals surface area contributed by atoms with E-state index in [1.165, 1.54) is 38.2 Å². The van der Waals surface area contributed by atoms with E-state index in [0.29, 0.717) is 6.54 Å². The number of anilines is 2. The van der Waals surface area contributed by atoms with Crippen molar-refractivity contribution >= 4 is 23.2 Å². The van der Waals surface area contributed by atoms with E-state index in [9.17, 15) is 9.59 Å². The molecule has 5 heteroatoms. The Morgan fingerprint density at radius 1 is 1.17 bits per heavy atom. The van der Waals surface area contributed by atoms with Crippen molar-refractivity contribution in [3.63, 3.8) is 0 Å². The molecular weight excluding hydrogens is 302 g/mol. The van der Waals surface area contributed by atoms with E-state index < -0.39 is 0 Å². The molecule has 1 aliphatic rings. The second kappa shape index (κ2) is 9.11. The second-order valence-corrected chi connectivity index (χ2v) is 6.19. The molecule has 0 saturated carbocycles. The smallest absolute Gasteiger partial charge is 0.239 e. The summed E-state index contributed by atoms with van der Waals surface area (Å²) in [7, 11) is 1.74. The first-order chi connectivity index (χ1) is 11.6. The zero-order chi connectivity index (χ0) is 17.4. The summed E-state index contributed by atoms with van der Waals surface area (Å²) in [6.07, 6.45) is 8.19. The van der Waals surface area contributed by atoms with E-state index in [0.717, 1.165) is 17.8 Å². The summed E-state index contributed by atoms with van der Waals surface area (Å²) in [5, 5.41) is 6.05. The monoisotopic (exact) mass is 329 g/mol. The maximum Gasteiger partial charge on any atom is 0.239 e. The summed E-state index contributed by atoms with van der Waals surface area (Å²) in [5.74, 6) is -0.0143. The Labute approximate surface area is 144 Å². The number of nitrogens with zero attached hydrogens (tertiary/aromatic N) is 1. The van der Waals surface area contributed by atoms with Gasteiger partial charge in [-0.1, -0.05) is 11.6 Å². The van der Waals surface area contributed by atoms with E-state index in [-0.39, 0.29) is 18.4 Å². The van der Waals surface area contributed by atoms with Gasteiger partial charge < -0.3 is 15.5 Å². The second-order valence-electron chi connectivity index (χ2n) is 6.19. The van der Waals surface area contributed by atoms with Gasteiger partial charge in [0, 0.05) is 31.9 Å². The van der Waals surface area contributed by atoms with Crippen molar-refractivity contribution in [2.75, 3.05) is 30.4 Å². The Morgan fingerprint density at radius 3 is 2.54 bits per heavy atom. The fourth-order valence-electron chi connectivity index (χ4n) is 2.72. The lowest BCUT2D eigenvalue weighted by molar-refractivity contribution is -0.119. The fourth-order valence-corrected chi connectivity index (χ4v) is 2.72. The van der Waals surface area contributed by atoms with Crippen LogP contribution in [0.3, 0.4) is 0 Å². The third-order valence-corrected chi connectivity index (χ3v) is 4.33. The molecule has 0 fully saturated rings. The van der Waals surface area contributed by atoms with Gasteiger partial charge >= 0.3 is 0 Å². The number of carbonyl (C=O) groups is 2. The largest absolute Gasteiger partial charge is 0.376 e. The summed E-state index contributed by atoms with van der Waals surface area (Å²) in [6.45, 7) is 2.48. The van der Waals surface area contributed by atoms with E-state index >= 15 is 0 Å². The Bertz CT molecular complexity index is 593. The summed E-state index contributed by atoms with van der Waals surface area (Å²) in [5.41, 5.74) is 3.17. The third-order valence-electron chi connectivity index (χ3n) is 4.33. The van der Waals surface area contributed by atoms with E-state index in [1.54, 1.807) is 11.9 Å². The highest BCUT2D eigenvalue weighted by Gasteiger charge is 2.07. The minimum Gasteiger partial charge on any atom is -0.376 e. The average Bonchev–Trinajstić information content (AvgIpc) is 2.60. The van der Waals surface area contributed by atoms with Gasteiger partial charge in [0.1, 0.15) is 0 Å². The maximum atomic E-state index is 11.9. The van der Waals surface area contributed by atoms with E-state index in [1.807, 2.05) is 24.3 Å². The van der Waals surface area contributed by atoms with Gasteiger partial charge in [-0.25, -0.2) is 0 Å². The lowest BCUT2D eigenvalue weighted by atomic mass is 9.97. The number of benzene rings is 1. The van der Waals surface area contributed by atoms with Crippen LogP contribution < -0.4 is 15.5 Å². The molecule has 0 aliphatic heterocycles. The van der Waals surface area contributed by atoms with Crippen molar-refractivity contribution in [1.29, 1.82) is 0 Å². The zero-order valence-corrected chi connectivity index (χ0v) is 14.6. The zero-order valence-electron chi connectivity index (χ0n) is 14.6. The van der Waals surface area contributed by atoms with Gasteiger partial charge in [0.05, 0.1) is 6.54 Å². The van der Waals surface area contributed by atoms with Gasteiger partial charge in [-0.15, -0.1) is 0 Å². The molecule has 2 N–H and O–H groups in total. The molecule has 1 aliphatic carbocycles. The standard InChI is InChI=1S/C19H27N3O2/c1-15(23)22(2)18-10-8-17(9-11-18)21-14-19(24)20-13-12-16-6-4-3-5-7-16/h6,8-11,21H,3-5,7,12-14H2,1-2H3,(H,20,24). The minimum atomic E-state index is -0.0110. The summed E-state index contributed by atoms with van der Waals surface area (Å²) in [6, 6.07) is 7.46. The van der Waals surface area contributed by atoms with Crippen LogP contribution in [0, 0.1) is 0 Å². The topological polar surface area (TPSA) is 61.4 Å². The van der Waals surface area contributed by atoms with Crippen LogP contribution in [-0.4, -0.2) is 32.0 Å². The molecule has 0 heterocycles. The predicted octanol–water partition coefficient (Wildman–Crippen LogP) is 3.09. The number of nitrogens with one attached hydrogen (secondary N) is 2. The highest BCUT2D eigenvalue weighted by molar-refractivity contribution is 5.91. The maximum absolute atomic E-state index is 11.9.